The van der Waals surface area contributed by atoms with Crippen LogP contribution in [0, 0.1) is 0 Å². The van der Waals surface area contributed by atoms with Crippen LogP contribution in [0.15, 0.2) is 48.7 Å². The van der Waals surface area contributed by atoms with Crippen molar-refractivity contribution in [1.82, 2.24) is 10.3 Å². The minimum Gasteiger partial charge on any atom is -0.548 e. The van der Waals surface area contributed by atoms with Crippen LogP contribution in [0.5, 0.6) is 5.75 Å². The number of nitrogens with one attached hydrogen (secondary N) is 2. The Hall–Kier alpha value is -2.70. The number of hydrogen-bond donors (Lipinski definition) is 2. The zero-order valence-corrected chi connectivity index (χ0v) is 15.5. The molecule has 2 N–H and O–H groups in total. The van der Waals surface area contributed by atoms with Crippen molar-refractivity contribution in [1.29, 1.82) is 0 Å². The van der Waals surface area contributed by atoms with Crippen molar-refractivity contribution in [2.45, 2.75) is 12.5 Å². The first-order valence-corrected chi connectivity index (χ1v) is 8.82. The molecule has 1 atom stereocenters. The van der Waals surface area contributed by atoms with E-state index in [0.29, 0.717) is 5.02 Å². The summed E-state index contributed by atoms with van der Waals surface area (Å²) in [5, 5.41) is 15.4. The highest BCUT2D eigenvalue weighted by Crippen LogP contribution is 2.27. The molecule has 3 aromatic rings. The van der Waals surface area contributed by atoms with E-state index in [0.717, 1.165) is 16.5 Å². The Morgan fingerprint density at radius 3 is 2.70 bits per heavy atom. The van der Waals surface area contributed by atoms with Crippen LogP contribution in [-0.2, 0) is 16.0 Å². The number of aromatic amines is 1. The van der Waals surface area contributed by atoms with E-state index in [1.807, 2.05) is 24.3 Å². The van der Waals surface area contributed by atoms with Gasteiger partial charge in [0.1, 0.15) is 5.75 Å². The van der Waals surface area contributed by atoms with Crippen LogP contribution in [0.1, 0.15) is 5.56 Å². The minimum atomic E-state index is -1.38. The molecule has 2 aromatic carbocycles. The molecule has 27 heavy (non-hydrogen) atoms. The van der Waals surface area contributed by atoms with Crippen molar-refractivity contribution in [2.75, 3.05) is 6.61 Å². The highest BCUT2D eigenvalue weighted by molar-refractivity contribution is 6.35. The van der Waals surface area contributed by atoms with Crippen LogP contribution >= 0.6 is 23.2 Å². The van der Waals surface area contributed by atoms with Crippen molar-refractivity contribution < 1.29 is 19.4 Å². The molecule has 1 heterocycles. The lowest BCUT2D eigenvalue weighted by Gasteiger charge is -2.19. The Balaban J connectivity index is 1.63. The Morgan fingerprint density at radius 1 is 1.19 bits per heavy atom. The average molecular weight is 406 g/mol. The van der Waals surface area contributed by atoms with Gasteiger partial charge in [0.05, 0.1) is 17.0 Å². The summed E-state index contributed by atoms with van der Waals surface area (Å²) in [5.41, 5.74) is 1.65. The second-order valence-electron chi connectivity index (χ2n) is 5.87. The van der Waals surface area contributed by atoms with Crippen LogP contribution in [0.3, 0.4) is 0 Å². The van der Waals surface area contributed by atoms with Gasteiger partial charge < -0.3 is 24.9 Å². The number of carboxylic acids is 1. The van der Waals surface area contributed by atoms with Crippen LogP contribution in [-0.4, -0.2) is 29.5 Å². The molecule has 0 aliphatic rings. The Morgan fingerprint density at radius 2 is 1.96 bits per heavy atom. The molecule has 8 heteroatoms. The zero-order valence-electron chi connectivity index (χ0n) is 14.0. The van der Waals surface area contributed by atoms with Crippen LogP contribution in [0.25, 0.3) is 10.9 Å². The predicted octanol–water partition coefficient (Wildman–Crippen LogP) is 2.33. The van der Waals surface area contributed by atoms with Crippen molar-refractivity contribution in [2.24, 2.45) is 0 Å². The first kappa shape index (κ1) is 19.1. The SMILES string of the molecule is O=C(COc1ccc(Cl)cc1Cl)N[C@H](Cc1c[nH]c2ccccc12)C(=O)[O-]. The second-order valence-corrected chi connectivity index (χ2v) is 6.71. The molecule has 1 aromatic heterocycles. The fourth-order valence-electron chi connectivity index (χ4n) is 2.69. The zero-order chi connectivity index (χ0) is 19.4. The highest BCUT2D eigenvalue weighted by atomic mass is 35.5. The fourth-order valence-corrected chi connectivity index (χ4v) is 3.15. The van der Waals surface area contributed by atoms with Gasteiger partial charge in [-0.1, -0.05) is 41.4 Å². The predicted molar refractivity (Wildman–Crippen MR) is 101 cm³/mol. The maximum Gasteiger partial charge on any atom is 0.258 e. The molecule has 0 saturated carbocycles. The lowest BCUT2D eigenvalue weighted by atomic mass is 10.1. The Bertz CT molecular complexity index is 987. The van der Waals surface area contributed by atoms with Crippen LogP contribution < -0.4 is 15.2 Å². The quantitative estimate of drug-likeness (QED) is 0.630. The smallest absolute Gasteiger partial charge is 0.258 e. The molecular formula is C19H15Cl2N2O4-. The first-order chi connectivity index (χ1) is 12.9. The molecule has 0 fully saturated rings. The average Bonchev–Trinajstić information content (AvgIpc) is 3.03. The van der Waals surface area contributed by atoms with Crippen molar-refractivity contribution in [3.8, 4) is 5.75 Å². The second kappa shape index (κ2) is 8.33. The lowest BCUT2D eigenvalue weighted by Crippen LogP contribution is -2.50. The van der Waals surface area contributed by atoms with Gasteiger partial charge in [-0.15, -0.1) is 0 Å². The van der Waals surface area contributed by atoms with Gasteiger partial charge in [-0.3, -0.25) is 4.79 Å². The van der Waals surface area contributed by atoms with Gasteiger partial charge in [0.25, 0.3) is 5.91 Å². The Labute approximate surface area is 165 Å². The van der Waals surface area contributed by atoms with Crippen molar-refractivity contribution >= 4 is 46.0 Å². The molecule has 3 rings (SSSR count). The normalized spacial score (nSPS) is 11.9. The number of ether oxygens (including phenoxy) is 1. The van der Waals surface area contributed by atoms with E-state index in [4.69, 9.17) is 27.9 Å². The molecule has 0 aliphatic carbocycles. The van der Waals surface area contributed by atoms with Crippen molar-refractivity contribution in [3.63, 3.8) is 0 Å². The van der Waals surface area contributed by atoms with Gasteiger partial charge in [0.15, 0.2) is 6.61 Å². The van der Waals surface area contributed by atoms with Gasteiger partial charge in [-0.2, -0.15) is 0 Å². The van der Waals surface area contributed by atoms with Gasteiger partial charge in [0, 0.05) is 28.5 Å². The standard InChI is InChI=1S/C19H16Cl2N2O4/c20-12-5-6-17(14(21)8-12)27-10-18(24)23-16(19(25)26)7-11-9-22-15-4-2-1-3-13(11)15/h1-6,8-9,16,22H,7,10H2,(H,23,24)(H,25,26)/p-1/t16-/m1/s1. The van der Waals surface area contributed by atoms with Crippen LogP contribution in [0.4, 0.5) is 0 Å². The number of carbonyl (C=O) groups excluding carboxylic acids is 2. The summed E-state index contributed by atoms with van der Waals surface area (Å²) in [5.74, 6) is -1.70. The van der Waals surface area contributed by atoms with E-state index < -0.39 is 17.9 Å². The van der Waals surface area contributed by atoms with Gasteiger partial charge >= 0.3 is 0 Å². The molecule has 140 valence electrons. The number of benzene rings is 2. The molecule has 0 aliphatic heterocycles. The maximum atomic E-state index is 12.1. The number of carboxylic acid groups (broad SMARTS) is 1. The molecule has 0 radical (unpaired) electrons. The topological polar surface area (TPSA) is 94.2 Å². The number of para-hydroxylation sites is 1. The Kier molecular flexibility index (Phi) is 5.88. The van der Waals surface area contributed by atoms with Gasteiger partial charge in [-0.25, -0.2) is 0 Å². The van der Waals surface area contributed by atoms with E-state index in [2.05, 4.69) is 10.3 Å². The molecular weight excluding hydrogens is 391 g/mol. The summed E-state index contributed by atoms with van der Waals surface area (Å²) in [4.78, 5) is 26.6. The third kappa shape index (κ3) is 4.72. The molecule has 0 spiro atoms. The lowest BCUT2D eigenvalue weighted by molar-refractivity contribution is -0.308. The molecule has 0 bridgehead atoms. The number of H-pyrrole nitrogens is 1. The number of halogens is 2. The molecule has 0 saturated heterocycles. The van der Waals surface area contributed by atoms with E-state index in [1.54, 1.807) is 12.3 Å². The highest BCUT2D eigenvalue weighted by Gasteiger charge is 2.17. The fraction of sp³-hybridized carbons (Fsp3) is 0.158. The minimum absolute atomic E-state index is 0.0831. The summed E-state index contributed by atoms with van der Waals surface area (Å²) in [7, 11) is 0. The van der Waals surface area contributed by atoms with E-state index >= 15 is 0 Å². The summed E-state index contributed by atoms with van der Waals surface area (Å²) >= 11 is 11.8. The number of hydrogen-bond acceptors (Lipinski definition) is 4. The molecule has 1 amide bonds. The van der Waals surface area contributed by atoms with Crippen molar-refractivity contribution in [3.05, 3.63) is 64.3 Å². The number of rotatable bonds is 7. The number of fused-ring (bicyclic) bond motifs is 1. The third-order valence-electron chi connectivity index (χ3n) is 3.97. The van der Waals surface area contributed by atoms with E-state index in [1.165, 1.54) is 12.1 Å². The van der Waals surface area contributed by atoms with E-state index in [-0.39, 0.29) is 23.8 Å². The summed E-state index contributed by atoms with van der Waals surface area (Å²) in [6, 6.07) is 10.9. The van der Waals surface area contributed by atoms with Gasteiger partial charge in [-0.05, 0) is 29.8 Å². The number of aromatic nitrogens is 1. The molecule has 0 unspecified atom stereocenters. The molecule has 6 nitrogen and oxygen atoms in total. The maximum absolute atomic E-state index is 12.1. The van der Waals surface area contributed by atoms with Gasteiger partial charge in [0.2, 0.25) is 0 Å². The number of aliphatic carboxylic acids is 1. The summed E-state index contributed by atoms with van der Waals surface area (Å²) in [6.45, 7) is -0.390. The number of carbonyl (C=O) groups is 2. The van der Waals surface area contributed by atoms with E-state index in [9.17, 15) is 14.7 Å². The van der Waals surface area contributed by atoms with Crippen LogP contribution in [0.2, 0.25) is 10.0 Å². The summed E-state index contributed by atoms with van der Waals surface area (Å²) < 4.78 is 5.32. The third-order valence-corrected chi connectivity index (χ3v) is 4.50. The largest absolute Gasteiger partial charge is 0.548 e. The number of amides is 1. The monoisotopic (exact) mass is 405 g/mol. The first-order valence-electron chi connectivity index (χ1n) is 8.07. The summed E-state index contributed by atoms with van der Waals surface area (Å²) in [6.07, 6.45) is 1.80.